The molecule has 1 fully saturated rings. The number of aliphatic carboxylic acids is 1. The van der Waals surface area contributed by atoms with Gasteiger partial charge in [0.1, 0.15) is 28.9 Å². The summed E-state index contributed by atoms with van der Waals surface area (Å²) in [6, 6.07) is 13.6. The summed E-state index contributed by atoms with van der Waals surface area (Å²) in [5.41, 5.74) is 7.92. The highest BCUT2D eigenvalue weighted by Crippen LogP contribution is 2.43. The third-order valence-corrected chi connectivity index (χ3v) is 8.12. The number of aromatic amines is 1. The van der Waals surface area contributed by atoms with E-state index in [0.717, 1.165) is 0 Å². The molecule has 11 heteroatoms. The van der Waals surface area contributed by atoms with Gasteiger partial charge < -0.3 is 25.1 Å². The molecule has 1 aromatic carbocycles. The first-order valence-electron chi connectivity index (χ1n) is 12.0. The highest BCUT2D eigenvalue weighted by atomic mass is 32.2. The number of nitrogens with zero attached hydrogens (tertiary/aromatic N) is 2. The van der Waals surface area contributed by atoms with Crippen LogP contribution in [0.1, 0.15) is 35.5 Å². The van der Waals surface area contributed by atoms with Crippen molar-refractivity contribution in [1.29, 1.82) is 0 Å². The zero-order valence-corrected chi connectivity index (χ0v) is 21.3. The summed E-state index contributed by atoms with van der Waals surface area (Å²) in [6.07, 6.45) is 1.94. The maximum absolute atomic E-state index is 13.7. The van der Waals surface area contributed by atoms with Crippen LogP contribution in [0.4, 0.5) is 0 Å². The van der Waals surface area contributed by atoms with Crippen LogP contribution in [-0.4, -0.2) is 54.8 Å². The van der Waals surface area contributed by atoms with Gasteiger partial charge in [0.15, 0.2) is 0 Å². The standard InChI is InChI=1S/C27H26N4O6S/c1-15-14-38-26-22(25(34)31(26)21(15)27(35)36)30(24(33)20(28)16-6-3-2-4-7-16)13-17-9-10-18(29-23(17)32)12-19-8-5-11-37-19/h2-11,20,22,26H,12-14,28H2,1H3,(H,29,32)(H,35,36)/t20-,22-,26-/m1/s1. The van der Waals surface area contributed by atoms with Crippen molar-refractivity contribution in [3.05, 3.63) is 105 Å². The number of pyridine rings is 1. The predicted molar refractivity (Wildman–Crippen MR) is 140 cm³/mol. The van der Waals surface area contributed by atoms with Crippen molar-refractivity contribution in [1.82, 2.24) is 14.8 Å². The van der Waals surface area contributed by atoms with Crippen LogP contribution < -0.4 is 11.3 Å². The Morgan fingerprint density at radius 1 is 1.18 bits per heavy atom. The average molecular weight is 535 g/mol. The van der Waals surface area contributed by atoms with Crippen LogP contribution in [0.25, 0.3) is 0 Å². The molecule has 10 nitrogen and oxygen atoms in total. The van der Waals surface area contributed by atoms with Crippen LogP contribution in [0.15, 0.2) is 81.3 Å². The lowest BCUT2D eigenvalue weighted by molar-refractivity contribution is -0.161. The molecule has 0 bridgehead atoms. The Hall–Kier alpha value is -4.09. The monoisotopic (exact) mass is 534 g/mol. The molecule has 2 aliphatic heterocycles. The van der Waals surface area contributed by atoms with Crippen LogP contribution in [0.3, 0.4) is 0 Å². The summed E-state index contributed by atoms with van der Waals surface area (Å²) >= 11 is 1.38. The zero-order valence-electron chi connectivity index (χ0n) is 20.5. The summed E-state index contributed by atoms with van der Waals surface area (Å²) in [5.74, 6) is -1.15. The number of carbonyl (C=O) groups is 3. The highest BCUT2D eigenvalue weighted by molar-refractivity contribution is 8.00. The number of amides is 2. The fraction of sp³-hybridized carbons (Fsp3) is 0.259. The number of thioether (sulfide) groups is 1. The lowest BCUT2D eigenvalue weighted by atomic mass is 9.98. The average Bonchev–Trinajstić information content (AvgIpc) is 3.42. The minimum absolute atomic E-state index is 0.0603. The quantitative estimate of drug-likeness (QED) is 0.373. The fourth-order valence-corrected chi connectivity index (χ4v) is 6.12. The summed E-state index contributed by atoms with van der Waals surface area (Å²) in [5, 5.41) is 9.10. The van der Waals surface area contributed by atoms with E-state index in [-0.39, 0.29) is 17.8 Å². The first-order chi connectivity index (χ1) is 18.3. The number of carbonyl (C=O) groups excluding carboxylic acids is 2. The van der Waals surface area contributed by atoms with E-state index in [1.54, 1.807) is 67.8 Å². The third kappa shape index (κ3) is 4.66. The number of furan rings is 1. The number of rotatable bonds is 8. The van der Waals surface area contributed by atoms with Crippen LogP contribution >= 0.6 is 11.8 Å². The molecule has 3 aromatic rings. The van der Waals surface area contributed by atoms with Crippen molar-refractivity contribution in [3.8, 4) is 0 Å². The van der Waals surface area contributed by atoms with Crippen molar-refractivity contribution in [3.63, 3.8) is 0 Å². The molecule has 4 heterocycles. The number of carboxylic acids is 1. The highest BCUT2D eigenvalue weighted by Gasteiger charge is 2.57. The number of aromatic nitrogens is 1. The van der Waals surface area contributed by atoms with Gasteiger partial charge in [-0.25, -0.2) is 4.79 Å². The molecule has 2 amide bonds. The lowest BCUT2D eigenvalue weighted by Gasteiger charge is -2.53. The van der Waals surface area contributed by atoms with Gasteiger partial charge in [0.05, 0.1) is 12.8 Å². The molecule has 2 aliphatic rings. The number of carboxylic acid groups (broad SMARTS) is 1. The second-order valence-corrected chi connectivity index (χ2v) is 10.3. The first-order valence-corrected chi connectivity index (χ1v) is 13.0. The molecule has 4 N–H and O–H groups in total. The van der Waals surface area contributed by atoms with E-state index in [9.17, 15) is 24.3 Å². The third-order valence-electron chi connectivity index (χ3n) is 6.71. The number of hydrogen-bond donors (Lipinski definition) is 3. The van der Waals surface area contributed by atoms with Crippen molar-refractivity contribution in [2.75, 3.05) is 5.75 Å². The van der Waals surface area contributed by atoms with E-state index in [0.29, 0.717) is 34.8 Å². The number of fused-ring (bicyclic) bond motifs is 1. The van der Waals surface area contributed by atoms with Crippen molar-refractivity contribution < 1.29 is 23.9 Å². The van der Waals surface area contributed by atoms with E-state index in [4.69, 9.17) is 10.2 Å². The topological polar surface area (TPSA) is 150 Å². The second-order valence-electron chi connectivity index (χ2n) is 9.24. The second kappa shape index (κ2) is 10.3. The van der Waals surface area contributed by atoms with E-state index in [2.05, 4.69) is 4.98 Å². The Morgan fingerprint density at radius 2 is 1.95 bits per heavy atom. The van der Waals surface area contributed by atoms with Gasteiger partial charge in [-0.3, -0.25) is 19.3 Å². The van der Waals surface area contributed by atoms with E-state index in [1.165, 1.54) is 21.6 Å². The summed E-state index contributed by atoms with van der Waals surface area (Å²) < 4.78 is 5.34. The van der Waals surface area contributed by atoms with Crippen molar-refractivity contribution in [2.45, 2.75) is 37.3 Å². The number of H-pyrrole nitrogens is 1. The Labute approximate surface area is 222 Å². The van der Waals surface area contributed by atoms with Crippen molar-refractivity contribution in [2.24, 2.45) is 5.73 Å². The molecule has 0 aliphatic carbocycles. The van der Waals surface area contributed by atoms with Gasteiger partial charge in [-0.1, -0.05) is 30.3 Å². The summed E-state index contributed by atoms with van der Waals surface area (Å²) in [4.78, 5) is 57.3. The molecule has 196 valence electrons. The molecule has 3 atom stereocenters. The number of hydrogen-bond acceptors (Lipinski definition) is 7. The Balaban J connectivity index is 1.46. The van der Waals surface area contributed by atoms with Crippen LogP contribution in [0.5, 0.6) is 0 Å². The van der Waals surface area contributed by atoms with Gasteiger partial charge in [-0.15, -0.1) is 11.8 Å². The van der Waals surface area contributed by atoms with Crippen LogP contribution in [0, 0.1) is 0 Å². The number of nitrogens with one attached hydrogen (secondary N) is 1. The Morgan fingerprint density at radius 3 is 2.61 bits per heavy atom. The maximum atomic E-state index is 13.7. The number of nitrogens with two attached hydrogens (primary N) is 1. The SMILES string of the molecule is CC1=C(C(=O)O)N2C(=O)[C@@H](N(Cc3ccc(Cc4ccco4)[nH]c3=O)C(=O)[C@H](N)c3ccccc3)[C@H]2SC1. The summed E-state index contributed by atoms with van der Waals surface area (Å²) in [7, 11) is 0. The van der Waals surface area contributed by atoms with Gasteiger partial charge in [-0.2, -0.15) is 0 Å². The maximum Gasteiger partial charge on any atom is 0.352 e. The molecule has 0 radical (unpaired) electrons. The van der Waals surface area contributed by atoms with E-state index < -0.39 is 40.8 Å². The van der Waals surface area contributed by atoms with E-state index in [1.807, 2.05) is 0 Å². The zero-order chi connectivity index (χ0) is 27.0. The van der Waals surface area contributed by atoms with Gasteiger partial charge in [0.25, 0.3) is 11.5 Å². The fourth-order valence-electron chi connectivity index (χ4n) is 4.76. The predicted octanol–water partition coefficient (Wildman–Crippen LogP) is 2.23. The minimum atomic E-state index is -1.19. The Bertz CT molecular complexity index is 1470. The molecule has 38 heavy (non-hydrogen) atoms. The minimum Gasteiger partial charge on any atom is -0.477 e. The molecular weight excluding hydrogens is 508 g/mol. The first kappa shape index (κ1) is 25.6. The summed E-state index contributed by atoms with van der Waals surface area (Å²) in [6.45, 7) is 1.51. The van der Waals surface area contributed by atoms with Gasteiger partial charge in [-0.05, 0) is 42.3 Å². The number of β-lactam (4-membered cyclic amide) rings is 1. The molecule has 0 unspecified atom stereocenters. The largest absolute Gasteiger partial charge is 0.477 e. The molecule has 0 saturated carbocycles. The van der Waals surface area contributed by atoms with Gasteiger partial charge >= 0.3 is 5.97 Å². The molecule has 0 spiro atoms. The molecule has 2 aromatic heterocycles. The smallest absolute Gasteiger partial charge is 0.352 e. The molecular formula is C27H26N4O6S. The van der Waals surface area contributed by atoms with Crippen LogP contribution in [-0.2, 0) is 27.3 Å². The Kier molecular flexibility index (Phi) is 6.96. The van der Waals surface area contributed by atoms with Crippen LogP contribution in [0.2, 0.25) is 0 Å². The van der Waals surface area contributed by atoms with Gasteiger partial charge in [0.2, 0.25) is 5.91 Å². The van der Waals surface area contributed by atoms with Gasteiger partial charge in [0, 0.05) is 23.4 Å². The normalized spacial score (nSPS) is 19.5. The van der Waals surface area contributed by atoms with E-state index >= 15 is 0 Å². The molecule has 1 saturated heterocycles. The number of benzene rings is 1. The van der Waals surface area contributed by atoms with Crippen molar-refractivity contribution >= 4 is 29.5 Å². The lowest BCUT2D eigenvalue weighted by Crippen LogP contribution is -2.71. The molecule has 5 rings (SSSR count).